The number of hydrogen-bond acceptors (Lipinski definition) is 5. The van der Waals surface area contributed by atoms with Crippen LogP contribution in [0.15, 0.2) is 6.20 Å². The third-order valence-electron chi connectivity index (χ3n) is 3.25. The number of carbonyl (C=O) groups is 1. The maximum Gasteiger partial charge on any atom is 0.276 e. The van der Waals surface area contributed by atoms with Crippen molar-refractivity contribution in [2.75, 3.05) is 32.1 Å². The summed E-state index contributed by atoms with van der Waals surface area (Å²) in [7, 11) is 1.81. The molecule has 18 heavy (non-hydrogen) atoms. The molecule has 0 bridgehead atoms. The van der Waals surface area contributed by atoms with Crippen molar-refractivity contribution in [3.63, 3.8) is 0 Å². The molecule has 2 rings (SSSR count). The Labute approximate surface area is 111 Å². The molecule has 7 heteroatoms. The van der Waals surface area contributed by atoms with Crippen LogP contribution in [0.25, 0.3) is 0 Å². The van der Waals surface area contributed by atoms with Crippen LogP contribution in [0, 0.1) is 0 Å². The molecule has 1 fully saturated rings. The van der Waals surface area contributed by atoms with Gasteiger partial charge in [-0.1, -0.05) is 5.21 Å². The third-order valence-corrected chi connectivity index (χ3v) is 4.07. The maximum absolute atomic E-state index is 12.2. The minimum absolute atomic E-state index is 0.0601. The van der Waals surface area contributed by atoms with Crippen LogP contribution in [0.1, 0.15) is 23.5 Å². The van der Waals surface area contributed by atoms with Gasteiger partial charge in [0.25, 0.3) is 5.91 Å². The van der Waals surface area contributed by atoms with Crippen molar-refractivity contribution in [2.24, 2.45) is 0 Å². The molecule has 100 valence electrons. The molecule has 0 aromatic carbocycles. The zero-order chi connectivity index (χ0) is 13.1. The van der Waals surface area contributed by atoms with E-state index in [4.69, 9.17) is 0 Å². The first kappa shape index (κ1) is 13.4. The average Bonchev–Trinajstić information content (AvgIpc) is 2.74. The predicted octanol–water partition coefficient (Wildman–Crippen LogP) is 0.246. The molecule has 1 aromatic heterocycles. The molecule has 6 nitrogen and oxygen atoms in total. The van der Waals surface area contributed by atoms with Gasteiger partial charge in [-0.3, -0.25) is 4.79 Å². The lowest BCUT2D eigenvalue weighted by atomic mass is 10.2. The van der Waals surface area contributed by atoms with Crippen LogP contribution in [0.4, 0.5) is 0 Å². The van der Waals surface area contributed by atoms with Crippen LogP contribution in [0.2, 0.25) is 0 Å². The third kappa shape index (κ3) is 2.67. The van der Waals surface area contributed by atoms with Gasteiger partial charge in [0.2, 0.25) is 0 Å². The van der Waals surface area contributed by atoms with Crippen LogP contribution >= 0.6 is 11.8 Å². The molecular formula is C11H19N5OS. The summed E-state index contributed by atoms with van der Waals surface area (Å²) in [6.07, 6.45) is 3.78. The lowest BCUT2D eigenvalue weighted by Crippen LogP contribution is -2.43. The number of aromatic nitrogens is 3. The van der Waals surface area contributed by atoms with E-state index in [2.05, 4.69) is 15.6 Å². The number of nitrogens with zero attached hydrogens (tertiary/aromatic N) is 4. The quantitative estimate of drug-likeness (QED) is 0.830. The molecule has 1 unspecified atom stereocenters. The first-order valence-corrected chi connectivity index (χ1v) is 7.41. The topological polar surface area (TPSA) is 63.1 Å². The lowest BCUT2D eigenvalue weighted by molar-refractivity contribution is 0.0751. The predicted molar refractivity (Wildman–Crippen MR) is 71.9 cm³/mol. The van der Waals surface area contributed by atoms with Gasteiger partial charge in [0.1, 0.15) is 0 Å². The minimum atomic E-state index is -0.0601. The Balaban J connectivity index is 2.01. The van der Waals surface area contributed by atoms with Gasteiger partial charge in [0.15, 0.2) is 5.69 Å². The highest BCUT2D eigenvalue weighted by atomic mass is 32.2. The molecule has 1 N–H and O–H groups in total. The van der Waals surface area contributed by atoms with E-state index in [0.29, 0.717) is 11.7 Å². The molecule has 0 aliphatic carbocycles. The summed E-state index contributed by atoms with van der Waals surface area (Å²) in [4.78, 5) is 13.9. The number of rotatable bonds is 5. The van der Waals surface area contributed by atoms with Crippen molar-refractivity contribution in [1.29, 1.82) is 0 Å². The number of thioether (sulfide) groups is 1. The van der Waals surface area contributed by atoms with Crippen molar-refractivity contribution < 1.29 is 4.79 Å². The molecule has 0 radical (unpaired) electrons. The van der Waals surface area contributed by atoms with Gasteiger partial charge in [0.05, 0.1) is 12.2 Å². The first-order valence-electron chi connectivity index (χ1n) is 6.02. The summed E-state index contributed by atoms with van der Waals surface area (Å²) in [6.45, 7) is 3.83. The minimum Gasteiger partial charge on any atom is -0.337 e. The van der Waals surface area contributed by atoms with Gasteiger partial charge in [-0.15, -0.1) is 5.10 Å². The monoisotopic (exact) mass is 269 g/mol. The van der Waals surface area contributed by atoms with Crippen molar-refractivity contribution in [3.8, 4) is 0 Å². The zero-order valence-corrected chi connectivity index (χ0v) is 11.8. The summed E-state index contributed by atoms with van der Waals surface area (Å²) >= 11 is 1.73. The van der Waals surface area contributed by atoms with Crippen molar-refractivity contribution in [1.82, 2.24) is 25.2 Å². The molecular weight excluding hydrogens is 250 g/mol. The van der Waals surface area contributed by atoms with Crippen molar-refractivity contribution in [3.05, 3.63) is 11.9 Å². The second-order valence-corrected chi connectivity index (χ2v) is 5.53. The fourth-order valence-electron chi connectivity index (χ4n) is 1.75. The largest absolute Gasteiger partial charge is 0.337 e. The Hall–Kier alpha value is -1.08. The van der Waals surface area contributed by atoms with Gasteiger partial charge in [-0.25, -0.2) is 4.68 Å². The van der Waals surface area contributed by atoms with Crippen LogP contribution in [-0.4, -0.2) is 64.0 Å². The normalized spacial score (nSPS) is 17.3. The highest BCUT2D eigenvalue weighted by Crippen LogP contribution is 2.12. The second-order valence-electron chi connectivity index (χ2n) is 4.62. The molecule has 1 atom stereocenters. The molecule has 1 saturated heterocycles. The van der Waals surface area contributed by atoms with Crippen LogP contribution in [0.5, 0.6) is 0 Å². The highest BCUT2D eigenvalue weighted by molar-refractivity contribution is 7.98. The number of hydrogen-bond donors (Lipinski definition) is 1. The molecule has 0 spiro atoms. The molecule has 0 saturated carbocycles. The Morgan fingerprint density at radius 1 is 1.72 bits per heavy atom. The van der Waals surface area contributed by atoms with Crippen LogP contribution < -0.4 is 5.32 Å². The standard InChI is InChI=1S/C11H19N5OS/c1-8(7-18-3)15(2)11(17)10-6-16(14-13-10)9-4-12-5-9/h6,8-9,12H,4-5,7H2,1-3H3. The Bertz CT molecular complexity index is 417. The van der Waals surface area contributed by atoms with E-state index in [1.54, 1.807) is 27.5 Å². The van der Waals surface area contributed by atoms with E-state index in [1.807, 2.05) is 20.2 Å². The van der Waals surface area contributed by atoms with E-state index >= 15 is 0 Å². The van der Waals surface area contributed by atoms with Gasteiger partial charge < -0.3 is 10.2 Å². The first-order chi connectivity index (χ1) is 8.63. The SMILES string of the molecule is CSCC(C)N(C)C(=O)c1cn(C2CNC2)nn1. The average molecular weight is 269 g/mol. The summed E-state index contributed by atoms with van der Waals surface area (Å²) in [5, 5.41) is 11.2. The fourth-order valence-corrected chi connectivity index (χ4v) is 2.45. The van der Waals surface area contributed by atoms with E-state index in [1.165, 1.54) is 0 Å². The molecule has 1 amide bonds. The van der Waals surface area contributed by atoms with Crippen molar-refractivity contribution in [2.45, 2.75) is 19.0 Å². The Morgan fingerprint density at radius 2 is 2.44 bits per heavy atom. The van der Waals surface area contributed by atoms with Gasteiger partial charge >= 0.3 is 0 Å². The highest BCUT2D eigenvalue weighted by Gasteiger charge is 2.24. The smallest absolute Gasteiger partial charge is 0.276 e. The van der Waals surface area contributed by atoms with Crippen molar-refractivity contribution >= 4 is 17.7 Å². The Kier molecular flexibility index (Phi) is 4.23. The summed E-state index contributed by atoms with van der Waals surface area (Å²) in [5.41, 5.74) is 0.428. The van der Waals surface area contributed by atoms with E-state index in [0.717, 1.165) is 18.8 Å². The molecule has 1 aromatic rings. The van der Waals surface area contributed by atoms with Gasteiger partial charge in [-0.2, -0.15) is 11.8 Å². The van der Waals surface area contributed by atoms with E-state index in [9.17, 15) is 4.79 Å². The Morgan fingerprint density at radius 3 is 3.00 bits per heavy atom. The fraction of sp³-hybridized carbons (Fsp3) is 0.727. The summed E-state index contributed by atoms with van der Waals surface area (Å²) < 4.78 is 1.77. The van der Waals surface area contributed by atoms with Gasteiger partial charge in [0, 0.05) is 31.9 Å². The number of carbonyl (C=O) groups excluding carboxylic acids is 1. The van der Waals surface area contributed by atoms with E-state index < -0.39 is 0 Å². The van der Waals surface area contributed by atoms with Crippen LogP contribution in [0.3, 0.4) is 0 Å². The lowest BCUT2D eigenvalue weighted by Gasteiger charge is -2.26. The summed E-state index contributed by atoms with van der Waals surface area (Å²) in [6, 6.07) is 0.538. The maximum atomic E-state index is 12.2. The molecule has 1 aliphatic rings. The molecule has 2 heterocycles. The zero-order valence-electron chi connectivity index (χ0n) is 11.0. The second kappa shape index (κ2) is 5.71. The van der Waals surface area contributed by atoms with E-state index in [-0.39, 0.29) is 11.9 Å². The number of nitrogens with one attached hydrogen (secondary N) is 1. The van der Waals surface area contributed by atoms with Gasteiger partial charge in [-0.05, 0) is 13.2 Å². The number of amides is 1. The molecule has 1 aliphatic heterocycles. The summed E-state index contributed by atoms with van der Waals surface area (Å²) in [5.74, 6) is 0.859. The van der Waals surface area contributed by atoms with Crippen LogP contribution in [-0.2, 0) is 0 Å².